The molecular formula is C16H24N2O2S. The third kappa shape index (κ3) is 2.37. The monoisotopic (exact) mass is 308 g/mol. The van der Waals surface area contributed by atoms with Crippen molar-refractivity contribution in [1.82, 2.24) is 10.2 Å². The Kier molecular flexibility index (Phi) is 3.25. The van der Waals surface area contributed by atoms with E-state index in [1.54, 1.807) is 4.90 Å². The highest BCUT2D eigenvalue weighted by Gasteiger charge is 2.52. The minimum absolute atomic E-state index is 0.0261. The number of nitrogens with zero attached hydrogens (tertiary/aromatic N) is 1. The molecule has 1 heterocycles. The second-order valence-electron chi connectivity index (χ2n) is 7.82. The number of carbonyl (C=O) groups excluding carboxylic acids is 2. The van der Waals surface area contributed by atoms with Gasteiger partial charge in [0.05, 0.1) is 0 Å². The van der Waals surface area contributed by atoms with Crippen LogP contribution in [0.1, 0.15) is 51.4 Å². The average molecular weight is 308 g/mol. The van der Waals surface area contributed by atoms with E-state index in [2.05, 4.69) is 17.9 Å². The molecule has 5 rings (SSSR count). The number of urea groups is 1. The lowest BCUT2D eigenvalue weighted by molar-refractivity contribution is -0.114. The first-order valence-corrected chi connectivity index (χ1v) is 8.81. The molecule has 21 heavy (non-hydrogen) atoms. The molecule has 4 nitrogen and oxygen atoms in total. The summed E-state index contributed by atoms with van der Waals surface area (Å²) < 4.78 is 0. The fourth-order valence-electron chi connectivity index (χ4n) is 5.83. The quantitative estimate of drug-likeness (QED) is 0.770. The van der Waals surface area contributed by atoms with Crippen molar-refractivity contribution in [1.29, 1.82) is 0 Å². The Morgan fingerprint density at radius 2 is 1.62 bits per heavy atom. The normalized spacial score (nSPS) is 44.1. The Morgan fingerprint density at radius 1 is 1.05 bits per heavy atom. The highest BCUT2D eigenvalue weighted by molar-refractivity contribution is 7.96. The van der Waals surface area contributed by atoms with Gasteiger partial charge in [-0.05, 0) is 69.1 Å². The molecule has 0 aromatic carbocycles. The topological polar surface area (TPSA) is 49.4 Å². The lowest BCUT2D eigenvalue weighted by atomic mass is 9.53. The number of rotatable bonds is 2. The molecule has 1 saturated heterocycles. The second kappa shape index (κ2) is 4.90. The fraction of sp³-hybridized carbons (Fsp3) is 0.875. The van der Waals surface area contributed by atoms with Crippen molar-refractivity contribution < 1.29 is 9.59 Å². The first kappa shape index (κ1) is 13.9. The maximum absolute atomic E-state index is 12.7. The van der Waals surface area contributed by atoms with Crippen LogP contribution in [0.15, 0.2) is 0 Å². The Morgan fingerprint density at radius 3 is 2.14 bits per heavy atom. The zero-order chi connectivity index (χ0) is 14.6. The number of thiol groups is 1. The van der Waals surface area contributed by atoms with Gasteiger partial charge in [-0.1, -0.05) is 0 Å². The van der Waals surface area contributed by atoms with Crippen molar-refractivity contribution in [2.75, 3.05) is 6.54 Å². The van der Waals surface area contributed by atoms with E-state index in [0.717, 1.165) is 49.9 Å². The predicted molar refractivity (Wildman–Crippen MR) is 83.2 cm³/mol. The van der Waals surface area contributed by atoms with Crippen LogP contribution in [0.3, 0.4) is 0 Å². The van der Waals surface area contributed by atoms with Gasteiger partial charge in [-0.25, -0.2) is 4.79 Å². The van der Waals surface area contributed by atoms with Crippen LogP contribution in [0, 0.1) is 17.8 Å². The van der Waals surface area contributed by atoms with Crippen LogP contribution in [0.5, 0.6) is 0 Å². The van der Waals surface area contributed by atoms with Crippen molar-refractivity contribution in [3.05, 3.63) is 0 Å². The molecule has 4 aliphatic carbocycles. The number of amides is 2. The van der Waals surface area contributed by atoms with Crippen LogP contribution in [0.25, 0.3) is 0 Å². The summed E-state index contributed by atoms with van der Waals surface area (Å²) in [6.45, 7) is 0.690. The fourth-order valence-corrected chi connectivity index (χ4v) is 6.10. The summed E-state index contributed by atoms with van der Waals surface area (Å²) in [6, 6.07) is -0.343. The summed E-state index contributed by atoms with van der Waals surface area (Å²) in [4.78, 5) is 26.0. The number of hydrogen-bond donors (Lipinski definition) is 2. The molecule has 116 valence electrons. The van der Waals surface area contributed by atoms with Crippen LogP contribution in [0.2, 0.25) is 0 Å². The van der Waals surface area contributed by atoms with E-state index in [0.29, 0.717) is 6.54 Å². The van der Waals surface area contributed by atoms with Gasteiger partial charge in [-0.15, -0.1) is 12.6 Å². The van der Waals surface area contributed by atoms with Crippen LogP contribution >= 0.6 is 12.6 Å². The minimum atomic E-state index is -0.317. The molecule has 0 aromatic heterocycles. The summed E-state index contributed by atoms with van der Waals surface area (Å²) in [5, 5.41) is 3.18. The molecule has 1 atom stereocenters. The Bertz CT molecular complexity index is 444. The third-order valence-electron chi connectivity index (χ3n) is 6.21. The van der Waals surface area contributed by atoms with Crippen LogP contribution < -0.4 is 5.32 Å². The SMILES string of the molecule is O=C(S)[C@@H]1CCCN1C(=O)NC12CC3CC(CC(C3)C1)C2. The van der Waals surface area contributed by atoms with Gasteiger partial charge in [0.2, 0.25) is 5.12 Å². The first-order valence-electron chi connectivity index (χ1n) is 8.36. The van der Waals surface area contributed by atoms with E-state index < -0.39 is 0 Å². The average Bonchev–Trinajstić information content (AvgIpc) is 2.85. The van der Waals surface area contributed by atoms with Crippen LogP contribution in [-0.2, 0) is 4.79 Å². The zero-order valence-corrected chi connectivity index (χ0v) is 13.3. The van der Waals surface area contributed by atoms with Crippen molar-refractivity contribution in [3.63, 3.8) is 0 Å². The molecule has 0 radical (unpaired) electrons. The lowest BCUT2D eigenvalue weighted by Gasteiger charge is -2.57. The van der Waals surface area contributed by atoms with Crippen molar-refractivity contribution in [2.45, 2.75) is 62.9 Å². The molecule has 4 bridgehead atoms. The maximum atomic E-state index is 12.7. The van der Waals surface area contributed by atoms with Crippen LogP contribution in [-0.4, -0.2) is 34.2 Å². The Labute approximate surface area is 131 Å². The molecule has 1 aliphatic heterocycles. The summed E-state index contributed by atoms with van der Waals surface area (Å²) in [7, 11) is 0. The molecule has 5 heteroatoms. The van der Waals surface area contributed by atoms with E-state index in [-0.39, 0.29) is 22.7 Å². The molecule has 5 fully saturated rings. The summed E-state index contributed by atoms with van der Waals surface area (Å²) in [5.74, 6) is 2.45. The molecular weight excluding hydrogens is 284 g/mol. The highest BCUT2D eigenvalue weighted by atomic mass is 32.1. The van der Waals surface area contributed by atoms with Crippen molar-refractivity contribution in [2.24, 2.45) is 17.8 Å². The molecule has 2 amide bonds. The first-order chi connectivity index (χ1) is 10.0. The highest BCUT2D eigenvalue weighted by Crippen LogP contribution is 2.55. The van der Waals surface area contributed by atoms with Gasteiger partial charge in [-0.2, -0.15) is 0 Å². The number of likely N-dealkylation sites (tertiary alicyclic amines) is 1. The standard InChI is InChI=1S/C16H24N2O2S/c19-14(21)13-2-1-3-18(13)15(20)17-16-7-10-4-11(8-16)6-12(5-10)9-16/h10-13H,1-9H2,(H,17,20)(H,19,21)/t10?,11?,12?,13-,16?/m0/s1. The minimum Gasteiger partial charge on any atom is -0.333 e. The molecule has 5 aliphatic rings. The number of nitrogens with one attached hydrogen (secondary N) is 1. The zero-order valence-electron chi connectivity index (χ0n) is 12.4. The van der Waals surface area contributed by atoms with Crippen LogP contribution in [0.4, 0.5) is 4.79 Å². The predicted octanol–water partition coefficient (Wildman–Crippen LogP) is 2.59. The van der Waals surface area contributed by atoms with Gasteiger partial charge in [0.1, 0.15) is 6.04 Å². The summed E-state index contributed by atoms with van der Waals surface area (Å²) >= 11 is 3.94. The molecule has 0 spiro atoms. The van der Waals surface area contributed by atoms with E-state index in [1.807, 2.05) is 0 Å². The van der Waals surface area contributed by atoms with Gasteiger partial charge in [0.15, 0.2) is 0 Å². The van der Waals surface area contributed by atoms with Gasteiger partial charge in [0, 0.05) is 12.1 Å². The van der Waals surface area contributed by atoms with E-state index in [4.69, 9.17) is 0 Å². The number of carbonyl (C=O) groups is 2. The molecule has 1 N–H and O–H groups in total. The van der Waals surface area contributed by atoms with Crippen molar-refractivity contribution >= 4 is 23.8 Å². The number of hydrogen-bond acceptors (Lipinski definition) is 2. The molecule has 0 aromatic rings. The Hall–Kier alpha value is -0.710. The van der Waals surface area contributed by atoms with E-state index in [1.165, 1.54) is 19.3 Å². The van der Waals surface area contributed by atoms with Gasteiger partial charge < -0.3 is 10.2 Å². The maximum Gasteiger partial charge on any atom is 0.318 e. The summed E-state index contributed by atoms with van der Waals surface area (Å²) in [5.41, 5.74) is 0.0264. The summed E-state index contributed by atoms with van der Waals surface area (Å²) in [6.07, 6.45) is 9.24. The van der Waals surface area contributed by atoms with Gasteiger partial charge >= 0.3 is 6.03 Å². The van der Waals surface area contributed by atoms with E-state index in [9.17, 15) is 9.59 Å². The second-order valence-corrected chi connectivity index (χ2v) is 8.26. The van der Waals surface area contributed by atoms with Gasteiger partial charge in [-0.3, -0.25) is 4.79 Å². The Balaban J connectivity index is 1.48. The van der Waals surface area contributed by atoms with E-state index >= 15 is 0 Å². The molecule has 0 unspecified atom stereocenters. The smallest absolute Gasteiger partial charge is 0.318 e. The lowest BCUT2D eigenvalue weighted by Crippen LogP contribution is -2.62. The van der Waals surface area contributed by atoms with Crippen molar-refractivity contribution in [3.8, 4) is 0 Å². The third-order valence-corrected chi connectivity index (χ3v) is 6.51. The van der Waals surface area contributed by atoms with Gasteiger partial charge in [0.25, 0.3) is 0 Å². The molecule has 4 saturated carbocycles. The largest absolute Gasteiger partial charge is 0.333 e.